The third-order valence-electron chi connectivity index (χ3n) is 2.52. The van der Waals surface area contributed by atoms with Crippen molar-refractivity contribution < 1.29 is 4.79 Å². The molecule has 0 bridgehead atoms. The number of nitrogens with one attached hydrogen (secondary N) is 1. The molecule has 0 atom stereocenters. The number of aromatic amines is 1. The van der Waals surface area contributed by atoms with E-state index in [1.165, 1.54) is 11.1 Å². The van der Waals surface area contributed by atoms with Gasteiger partial charge in [0.1, 0.15) is 0 Å². The molecule has 0 spiro atoms. The van der Waals surface area contributed by atoms with E-state index in [4.69, 9.17) is 0 Å². The molecule has 18 heavy (non-hydrogen) atoms. The maximum Gasteiger partial charge on any atom is 0.344 e. The number of amides is 1. The lowest BCUT2D eigenvalue weighted by molar-refractivity contribution is 0.0827. The van der Waals surface area contributed by atoms with E-state index in [1.54, 1.807) is 38.5 Å². The van der Waals surface area contributed by atoms with Crippen molar-refractivity contribution in [2.24, 2.45) is 0 Å². The van der Waals surface area contributed by atoms with Gasteiger partial charge in [-0.3, -0.25) is 4.79 Å². The lowest BCUT2D eigenvalue weighted by Gasteiger charge is -2.11. The summed E-state index contributed by atoms with van der Waals surface area (Å²) in [7, 11) is 3.41. The maximum atomic E-state index is 11.8. The molecule has 1 amide bonds. The lowest BCUT2D eigenvalue weighted by Crippen LogP contribution is -2.21. The average molecular weight is 243 g/mol. The molecule has 0 radical (unpaired) electrons. The summed E-state index contributed by atoms with van der Waals surface area (Å²) in [4.78, 5) is 30.4. The van der Waals surface area contributed by atoms with Crippen LogP contribution in [0.3, 0.4) is 0 Å². The van der Waals surface area contributed by atoms with E-state index in [0.29, 0.717) is 5.56 Å². The van der Waals surface area contributed by atoms with Gasteiger partial charge in [0.05, 0.1) is 0 Å². The lowest BCUT2D eigenvalue weighted by atomic mass is 10.1. The Balaban J connectivity index is 2.41. The van der Waals surface area contributed by atoms with Crippen molar-refractivity contribution in [3.63, 3.8) is 0 Å². The fourth-order valence-corrected chi connectivity index (χ4v) is 1.59. The minimum absolute atomic E-state index is 0.0609. The van der Waals surface area contributed by atoms with Crippen LogP contribution in [0.25, 0.3) is 11.1 Å². The quantitative estimate of drug-likeness (QED) is 0.860. The molecular formula is C13H13N3O2. The summed E-state index contributed by atoms with van der Waals surface area (Å²) in [6.07, 6.45) is 3.06. The molecule has 2 aromatic rings. The van der Waals surface area contributed by atoms with Crippen LogP contribution < -0.4 is 5.69 Å². The van der Waals surface area contributed by atoms with Crippen LogP contribution in [0.4, 0.5) is 0 Å². The van der Waals surface area contributed by atoms with Gasteiger partial charge in [0, 0.05) is 37.6 Å². The number of benzene rings is 1. The molecule has 0 fully saturated rings. The van der Waals surface area contributed by atoms with E-state index < -0.39 is 0 Å². The normalized spacial score (nSPS) is 10.1. The van der Waals surface area contributed by atoms with Gasteiger partial charge in [-0.15, -0.1) is 0 Å². The standard InChI is InChI=1S/C13H13N3O2/c1-16(2)12(17)10-5-3-4-9(6-10)11-7-14-13(18)15-8-11/h3-8H,1-2H3,(H,14,15,18). The van der Waals surface area contributed by atoms with Crippen LogP contribution in [0.15, 0.2) is 41.5 Å². The Kier molecular flexibility index (Phi) is 3.23. The minimum atomic E-state index is -0.390. The number of H-pyrrole nitrogens is 1. The van der Waals surface area contributed by atoms with Gasteiger partial charge in [0.2, 0.25) is 0 Å². The van der Waals surface area contributed by atoms with Gasteiger partial charge in [-0.05, 0) is 17.7 Å². The molecule has 2 rings (SSSR count). The molecule has 1 N–H and O–H groups in total. The predicted molar refractivity (Wildman–Crippen MR) is 68.3 cm³/mol. The molecule has 0 aliphatic carbocycles. The SMILES string of the molecule is CN(C)C(=O)c1cccc(-c2cnc(=O)[nH]c2)c1. The van der Waals surface area contributed by atoms with Crippen LogP contribution in [0.5, 0.6) is 0 Å². The number of hydrogen-bond donors (Lipinski definition) is 1. The average Bonchev–Trinajstić information content (AvgIpc) is 2.38. The van der Waals surface area contributed by atoms with Crippen LogP contribution in [0.2, 0.25) is 0 Å². The number of aromatic nitrogens is 2. The maximum absolute atomic E-state index is 11.8. The molecule has 5 heteroatoms. The Morgan fingerprint density at radius 3 is 2.67 bits per heavy atom. The monoisotopic (exact) mass is 243 g/mol. The second-order valence-corrected chi connectivity index (χ2v) is 4.09. The van der Waals surface area contributed by atoms with Crippen LogP contribution in [-0.2, 0) is 0 Å². The van der Waals surface area contributed by atoms with E-state index >= 15 is 0 Å². The molecule has 0 saturated carbocycles. The van der Waals surface area contributed by atoms with Crippen LogP contribution in [0, 0.1) is 0 Å². The topological polar surface area (TPSA) is 66.1 Å². The Morgan fingerprint density at radius 2 is 2.06 bits per heavy atom. The zero-order valence-corrected chi connectivity index (χ0v) is 10.2. The van der Waals surface area contributed by atoms with Crippen LogP contribution >= 0.6 is 0 Å². The number of nitrogens with zero attached hydrogens (tertiary/aromatic N) is 2. The smallest absolute Gasteiger partial charge is 0.344 e. The predicted octanol–water partition coefficient (Wildman–Crippen LogP) is 1.14. The van der Waals surface area contributed by atoms with E-state index in [-0.39, 0.29) is 11.6 Å². The van der Waals surface area contributed by atoms with E-state index in [1.807, 2.05) is 6.07 Å². The van der Waals surface area contributed by atoms with E-state index in [0.717, 1.165) is 11.1 Å². The molecule has 92 valence electrons. The van der Waals surface area contributed by atoms with Gasteiger partial charge in [0.25, 0.3) is 5.91 Å². The summed E-state index contributed by atoms with van der Waals surface area (Å²) >= 11 is 0. The number of rotatable bonds is 2. The molecule has 0 saturated heterocycles. The highest BCUT2D eigenvalue weighted by molar-refractivity contribution is 5.95. The molecule has 1 heterocycles. The number of hydrogen-bond acceptors (Lipinski definition) is 3. The first-order chi connectivity index (χ1) is 8.58. The molecule has 0 aliphatic rings. The van der Waals surface area contributed by atoms with Crippen molar-refractivity contribution in [3.05, 3.63) is 52.7 Å². The summed E-state index contributed by atoms with van der Waals surface area (Å²) in [5.41, 5.74) is 1.82. The van der Waals surface area contributed by atoms with E-state index in [2.05, 4.69) is 9.97 Å². The highest BCUT2D eigenvalue weighted by atomic mass is 16.2. The summed E-state index contributed by atoms with van der Waals surface area (Å²) in [5.74, 6) is -0.0609. The summed E-state index contributed by atoms with van der Waals surface area (Å²) in [5, 5.41) is 0. The second-order valence-electron chi connectivity index (χ2n) is 4.09. The first-order valence-corrected chi connectivity index (χ1v) is 5.45. The van der Waals surface area contributed by atoms with Gasteiger partial charge in [-0.25, -0.2) is 9.78 Å². The Morgan fingerprint density at radius 1 is 1.28 bits per heavy atom. The van der Waals surface area contributed by atoms with Gasteiger partial charge >= 0.3 is 5.69 Å². The zero-order chi connectivity index (χ0) is 13.1. The number of carbonyl (C=O) groups excluding carboxylic acids is 1. The summed E-state index contributed by atoms with van der Waals surface area (Å²) < 4.78 is 0. The fraction of sp³-hybridized carbons (Fsp3) is 0.154. The summed E-state index contributed by atoms with van der Waals surface area (Å²) in [6.45, 7) is 0. The van der Waals surface area contributed by atoms with Crippen LogP contribution in [0.1, 0.15) is 10.4 Å². The van der Waals surface area contributed by atoms with Crippen molar-refractivity contribution in [1.29, 1.82) is 0 Å². The van der Waals surface area contributed by atoms with Crippen molar-refractivity contribution >= 4 is 5.91 Å². The largest absolute Gasteiger partial charge is 0.345 e. The molecule has 5 nitrogen and oxygen atoms in total. The first kappa shape index (κ1) is 12.0. The fourth-order valence-electron chi connectivity index (χ4n) is 1.59. The van der Waals surface area contributed by atoms with Crippen molar-refractivity contribution in [2.45, 2.75) is 0 Å². The van der Waals surface area contributed by atoms with Gasteiger partial charge in [-0.2, -0.15) is 0 Å². The minimum Gasteiger partial charge on any atom is -0.345 e. The van der Waals surface area contributed by atoms with Gasteiger partial charge < -0.3 is 9.88 Å². The Labute approximate surface area is 104 Å². The molecule has 0 aliphatic heterocycles. The molecule has 0 unspecified atom stereocenters. The van der Waals surface area contributed by atoms with Crippen molar-refractivity contribution in [3.8, 4) is 11.1 Å². The molecule has 1 aromatic carbocycles. The highest BCUT2D eigenvalue weighted by Gasteiger charge is 2.08. The van der Waals surface area contributed by atoms with Gasteiger partial charge in [-0.1, -0.05) is 12.1 Å². The van der Waals surface area contributed by atoms with Crippen LogP contribution in [-0.4, -0.2) is 34.9 Å². The molecule has 1 aromatic heterocycles. The molecular weight excluding hydrogens is 230 g/mol. The van der Waals surface area contributed by atoms with Crippen molar-refractivity contribution in [1.82, 2.24) is 14.9 Å². The Hall–Kier alpha value is -2.43. The first-order valence-electron chi connectivity index (χ1n) is 5.45. The highest BCUT2D eigenvalue weighted by Crippen LogP contribution is 2.18. The summed E-state index contributed by atoms with van der Waals surface area (Å²) in [6, 6.07) is 7.20. The third kappa shape index (κ3) is 2.45. The zero-order valence-electron chi connectivity index (χ0n) is 10.2. The third-order valence-corrected chi connectivity index (χ3v) is 2.52. The van der Waals surface area contributed by atoms with Crippen molar-refractivity contribution in [2.75, 3.05) is 14.1 Å². The van der Waals surface area contributed by atoms with Gasteiger partial charge in [0.15, 0.2) is 0 Å². The second kappa shape index (κ2) is 4.83. The Bertz CT molecular complexity index is 612. The number of carbonyl (C=O) groups is 1. The van der Waals surface area contributed by atoms with E-state index in [9.17, 15) is 9.59 Å².